The number of benzene rings is 1. The van der Waals surface area contributed by atoms with Gasteiger partial charge in [0.25, 0.3) is 0 Å². The Morgan fingerprint density at radius 3 is 2.75 bits per heavy atom. The van der Waals surface area contributed by atoms with Crippen molar-refractivity contribution in [3.63, 3.8) is 0 Å². The first kappa shape index (κ1) is 16.2. The summed E-state index contributed by atoms with van der Waals surface area (Å²) in [7, 11) is 0. The summed E-state index contributed by atoms with van der Waals surface area (Å²) in [6.07, 6.45) is -3.04. The Morgan fingerprint density at radius 1 is 1.29 bits per heavy atom. The zero-order chi connectivity index (χ0) is 17.5. The van der Waals surface area contributed by atoms with Crippen LogP contribution in [-0.4, -0.2) is 17.4 Å². The van der Waals surface area contributed by atoms with Gasteiger partial charge in [-0.1, -0.05) is 0 Å². The van der Waals surface area contributed by atoms with Gasteiger partial charge >= 0.3 is 6.18 Å². The van der Waals surface area contributed by atoms with E-state index in [1.54, 1.807) is 19.2 Å². The molecule has 4 nitrogen and oxygen atoms in total. The number of carbonyl (C=O) groups excluding carboxylic acids is 1. The quantitative estimate of drug-likeness (QED) is 0.852. The highest BCUT2D eigenvalue weighted by molar-refractivity contribution is 6.01. The van der Waals surface area contributed by atoms with Crippen molar-refractivity contribution in [2.45, 2.75) is 19.6 Å². The van der Waals surface area contributed by atoms with Crippen LogP contribution in [0, 0.1) is 12.7 Å². The van der Waals surface area contributed by atoms with E-state index in [2.05, 4.69) is 10.3 Å². The van der Waals surface area contributed by atoms with Crippen LogP contribution in [0.4, 0.5) is 29.1 Å². The van der Waals surface area contributed by atoms with E-state index >= 15 is 0 Å². The molecule has 0 saturated carbocycles. The number of rotatable bonds is 2. The molecule has 3 rings (SSSR count). The number of amides is 1. The zero-order valence-corrected chi connectivity index (χ0v) is 12.6. The molecule has 2 heterocycles. The lowest BCUT2D eigenvalue weighted by Crippen LogP contribution is -2.40. The number of carbonyl (C=O) groups is 1. The molecular formula is C16H13F4N3O. The number of nitrogens with one attached hydrogen (secondary N) is 1. The topological polar surface area (TPSA) is 45.2 Å². The number of fused-ring (bicyclic) bond motifs is 1. The van der Waals surface area contributed by atoms with Crippen LogP contribution < -0.4 is 10.2 Å². The predicted octanol–water partition coefficient (Wildman–Crippen LogP) is 3.51. The van der Waals surface area contributed by atoms with Crippen molar-refractivity contribution in [3.8, 4) is 0 Å². The summed E-state index contributed by atoms with van der Waals surface area (Å²) < 4.78 is 52.9. The van der Waals surface area contributed by atoms with E-state index < -0.39 is 23.5 Å². The van der Waals surface area contributed by atoms with Crippen LogP contribution in [0.2, 0.25) is 0 Å². The molecule has 126 valence electrons. The summed E-state index contributed by atoms with van der Waals surface area (Å²) in [6.45, 7) is 1.29. The third-order valence-corrected chi connectivity index (χ3v) is 3.70. The van der Waals surface area contributed by atoms with Gasteiger partial charge in [0.15, 0.2) is 0 Å². The number of halogens is 4. The van der Waals surface area contributed by atoms with Crippen molar-refractivity contribution in [1.82, 2.24) is 4.98 Å². The first-order chi connectivity index (χ1) is 11.3. The largest absolute Gasteiger partial charge is 0.416 e. The fraction of sp³-hybridized carbons (Fsp3) is 0.250. The average Bonchev–Trinajstić information content (AvgIpc) is 2.49. The number of alkyl halides is 3. The fourth-order valence-electron chi connectivity index (χ4n) is 2.60. The van der Waals surface area contributed by atoms with Crippen molar-refractivity contribution in [2.75, 3.05) is 16.8 Å². The molecule has 1 aromatic heterocycles. The maximum absolute atomic E-state index is 13.5. The van der Waals surface area contributed by atoms with Gasteiger partial charge < -0.3 is 10.2 Å². The van der Waals surface area contributed by atoms with E-state index in [4.69, 9.17) is 0 Å². The maximum atomic E-state index is 13.5. The van der Waals surface area contributed by atoms with Gasteiger partial charge in [-0.3, -0.25) is 4.79 Å². The molecule has 0 atom stereocenters. The summed E-state index contributed by atoms with van der Waals surface area (Å²) in [5.41, 5.74) is -0.128. The lowest BCUT2D eigenvalue weighted by molar-refractivity contribution is -0.138. The number of pyridine rings is 1. The van der Waals surface area contributed by atoms with Crippen LogP contribution in [0.1, 0.15) is 16.7 Å². The Labute approximate surface area is 135 Å². The maximum Gasteiger partial charge on any atom is 0.416 e. The molecule has 0 unspecified atom stereocenters. The monoisotopic (exact) mass is 339 g/mol. The van der Waals surface area contributed by atoms with Crippen LogP contribution in [0.3, 0.4) is 0 Å². The lowest BCUT2D eigenvalue weighted by Gasteiger charge is -2.30. The Hall–Kier alpha value is -2.64. The van der Waals surface area contributed by atoms with Crippen LogP contribution in [0.5, 0.6) is 0 Å². The van der Waals surface area contributed by atoms with Gasteiger partial charge in [-0.25, -0.2) is 9.37 Å². The van der Waals surface area contributed by atoms with Crippen LogP contribution in [-0.2, 0) is 17.5 Å². The number of hydrogen-bond acceptors (Lipinski definition) is 3. The van der Waals surface area contributed by atoms with Gasteiger partial charge in [0.2, 0.25) is 5.91 Å². The zero-order valence-electron chi connectivity index (χ0n) is 12.6. The SMILES string of the molecule is Cc1cnc2c(c1)N(Cc1cc(F)ccc1C(F)(F)F)C(=O)CN2. The number of nitrogens with zero attached hydrogens (tertiary/aromatic N) is 2. The van der Waals surface area contributed by atoms with Crippen LogP contribution in [0.15, 0.2) is 30.5 Å². The van der Waals surface area contributed by atoms with E-state index in [9.17, 15) is 22.4 Å². The minimum absolute atomic E-state index is 0.0836. The fourth-order valence-corrected chi connectivity index (χ4v) is 2.60. The molecule has 2 aromatic rings. The van der Waals surface area contributed by atoms with Gasteiger partial charge in [-0.2, -0.15) is 13.2 Å². The van der Waals surface area contributed by atoms with Gasteiger partial charge in [0.1, 0.15) is 11.6 Å². The molecule has 1 aliphatic heterocycles. The second-order valence-corrected chi connectivity index (χ2v) is 5.51. The van der Waals surface area contributed by atoms with Crippen molar-refractivity contribution in [3.05, 3.63) is 53.0 Å². The normalized spacial score (nSPS) is 14.4. The van der Waals surface area contributed by atoms with Gasteiger partial charge in [0, 0.05) is 6.20 Å². The molecule has 0 saturated heterocycles. The summed E-state index contributed by atoms with van der Waals surface area (Å²) >= 11 is 0. The molecule has 24 heavy (non-hydrogen) atoms. The Bertz CT molecular complexity index is 804. The molecular weight excluding hydrogens is 326 g/mol. The minimum Gasteiger partial charge on any atom is -0.359 e. The predicted molar refractivity (Wildman–Crippen MR) is 80.1 cm³/mol. The van der Waals surface area contributed by atoms with E-state index in [1.165, 1.54) is 4.90 Å². The summed E-state index contributed by atoms with van der Waals surface area (Å²) in [4.78, 5) is 17.5. The lowest BCUT2D eigenvalue weighted by atomic mass is 10.1. The van der Waals surface area contributed by atoms with E-state index in [1.807, 2.05) is 0 Å². The van der Waals surface area contributed by atoms with E-state index in [0.717, 1.165) is 17.7 Å². The molecule has 0 fully saturated rings. The van der Waals surface area contributed by atoms with Crippen molar-refractivity contribution in [2.24, 2.45) is 0 Å². The molecule has 0 spiro atoms. The number of hydrogen-bond donors (Lipinski definition) is 1. The third-order valence-electron chi connectivity index (χ3n) is 3.70. The Kier molecular flexibility index (Phi) is 3.90. The molecule has 0 bridgehead atoms. The summed E-state index contributed by atoms with van der Waals surface area (Å²) in [5.74, 6) is -0.791. The second-order valence-electron chi connectivity index (χ2n) is 5.51. The average molecular weight is 339 g/mol. The highest BCUT2D eigenvalue weighted by atomic mass is 19.4. The number of anilines is 2. The first-order valence-corrected chi connectivity index (χ1v) is 7.12. The minimum atomic E-state index is -4.63. The molecule has 1 N–H and O–H groups in total. The Morgan fingerprint density at radius 2 is 2.04 bits per heavy atom. The highest BCUT2D eigenvalue weighted by Gasteiger charge is 2.35. The van der Waals surface area contributed by atoms with Gasteiger partial charge in [-0.05, 0) is 42.3 Å². The third kappa shape index (κ3) is 3.04. The summed E-state index contributed by atoms with van der Waals surface area (Å²) in [5, 5.41) is 2.81. The van der Waals surface area contributed by atoms with Crippen LogP contribution in [0.25, 0.3) is 0 Å². The molecule has 1 aromatic carbocycles. The molecule has 0 radical (unpaired) electrons. The van der Waals surface area contributed by atoms with E-state index in [-0.39, 0.29) is 18.7 Å². The first-order valence-electron chi connectivity index (χ1n) is 7.12. The van der Waals surface area contributed by atoms with Crippen molar-refractivity contribution in [1.29, 1.82) is 0 Å². The van der Waals surface area contributed by atoms with Crippen molar-refractivity contribution < 1.29 is 22.4 Å². The number of aromatic nitrogens is 1. The second kappa shape index (κ2) is 5.77. The molecule has 8 heteroatoms. The van der Waals surface area contributed by atoms with Crippen LogP contribution >= 0.6 is 0 Å². The van der Waals surface area contributed by atoms with Gasteiger partial charge in [0.05, 0.1) is 24.3 Å². The number of aryl methyl sites for hydroxylation is 1. The smallest absolute Gasteiger partial charge is 0.359 e. The molecule has 1 amide bonds. The Balaban J connectivity index is 2.05. The highest BCUT2D eigenvalue weighted by Crippen LogP contribution is 2.35. The molecule has 0 aliphatic carbocycles. The van der Waals surface area contributed by atoms with Gasteiger partial charge in [-0.15, -0.1) is 0 Å². The van der Waals surface area contributed by atoms with Crippen molar-refractivity contribution >= 4 is 17.4 Å². The summed E-state index contributed by atoms with van der Waals surface area (Å²) in [6, 6.07) is 3.90. The molecule has 1 aliphatic rings. The van der Waals surface area contributed by atoms with E-state index in [0.29, 0.717) is 17.6 Å². The standard InChI is InChI=1S/C16H13F4N3O/c1-9-4-13-15(21-6-9)22-7-14(24)23(13)8-10-5-11(17)2-3-12(10)16(18,19)20/h2-6H,7-8H2,1H3,(H,21,22).